The normalized spacial score (nSPS) is 28.2. The third kappa shape index (κ3) is 6.30. The van der Waals surface area contributed by atoms with Gasteiger partial charge in [-0.1, -0.05) is 0 Å². The summed E-state index contributed by atoms with van der Waals surface area (Å²) in [4.78, 5) is 12.8. The Balaban J connectivity index is 2.44. The molecule has 1 rings (SSSR count). The van der Waals surface area contributed by atoms with Crippen molar-refractivity contribution in [2.45, 2.75) is 31.2 Å². The van der Waals surface area contributed by atoms with Crippen molar-refractivity contribution in [3.05, 3.63) is 0 Å². The number of nitrogens with zero attached hydrogens (tertiary/aromatic N) is 1. The van der Waals surface area contributed by atoms with E-state index in [-0.39, 0.29) is 19.1 Å². The van der Waals surface area contributed by atoms with Gasteiger partial charge in [-0.25, -0.2) is 0 Å². The van der Waals surface area contributed by atoms with Crippen molar-refractivity contribution in [1.82, 2.24) is 10.2 Å². The third-order valence-corrected chi connectivity index (χ3v) is 3.87. The lowest BCUT2D eigenvalue weighted by Crippen LogP contribution is -2.48. The summed E-state index contributed by atoms with van der Waals surface area (Å²) in [6.45, 7) is 3.89. The molecule has 0 radical (unpaired) electrons. The predicted molar refractivity (Wildman–Crippen MR) is 82.8 cm³/mol. The molecule has 1 aliphatic rings. The van der Waals surface area contributed by atoms with E-state index >= 15 is 0 Å². The van der Waals surface area contributed by atoms with Crippen molar-refractivity contribution in [2.24, 2.45) is 5.73 Å². The summed E-state index contributed by atoms with van der Waals surface area (Å²) in [5, 5.41) is 32.2. The topological polar surface area (TPSA) is 138 Å². The first-order valence-corrected chi connectivity index (χ1v) is 7.85. The van der Waals surface area contributed by atoms with Crippen molar-refractivity contribution in [3.8, 4) is 0 Å². The molecular weight excluding hydrogens is 306 g/mol. The molecule has 136 valence electrons. The summed E-state index contributed by atoms with van der Waals surface area (Å²) in [5.74, 6) is -0.215. The van der Waals surface area contributed by atoms with Crippen LogP contribution >= 0.6 is 0 Å². The second kappa shape index (κ2) is 10.9. The van der Waals surface area contributed by atoms with Crippen molar-refractivity contribution >= 4 is 5.91 Å². The molecule has 0 aromatic carbocycles. The van der Waals surface area contributed by atoms with E-state index in [4.69, 9.17) is 15.2 Å². The summed E-state index contributed by atoms with van der Waals surface area (Å²) < 4.78 is 10.6. The molecule has 0 saturated carbocycles. The molecule has 9 nitrogen and oxygen atoms in total. The monoisotopic (exact) mass is 335 g/mol. The lowest BCUT2D eigenvalue weighted by molar-refractivity contribution is -0.119. The molecule has 6 N–H and O–H groups in total. The molecule has 0 aromatic heterocycles. The number of ether oxygens (including phenoxy) is 2. The number of rotatable bonds is 11. The Morgan fingerprint density at radius 3 is 2.30 bits per heavy atom. The van der Waals surface area contributed by atoms with Gasteiger partial charge in [0.15, 0.2) is 0 Å². The van der Waals surface area contributed by atoms with Gasteiger partial charge in [-0.3, -0.25) is 9.69 Å². The number of likely N-dealkylation sites (tertiary alicyclic amines) is 1. The molecule has 1 heterocycles. The molecule has 0 aliphatic carbocycles. The quantitative estimate of drug-likeness (QED) is 0.250. The van der Waals surface area contributed by atoms with Gasteiger partial charge in [0.2, 0.25) is 5.91 Å². The largest absolute Gasteiger partial charge is 0.395 e. The number of carbonyl (C=O) groups is 1. The van der Waals surface area contributed by atoms with Crippen molar-refractivity contribution in [1.29, 1.82) is 0 Å². The van der Waals surface area contributed by atoms with E-state index in [1.165, 1.54) is 6.92 Å². The van der Waals surface area contributed by atoms with Crippen LogP contribution in [-0.4, -0.2) is 103 Å². The minimum Gasteiger partial charge on any atom is -0.395 e. The molecule has 1 amide bonds. The lowest BCUT2D eigenvalue weighted by atomic mass is 10.1. The summed E-state index contributed by atoms with van der Waals surface area (Å²) in [6.07, 6.45) is -2.10. The van der Waals surface area contributed by atoms with Crippen LogP contribution in [-0.2, 0) is 14.3 Å². The molecule has 0 aromatic rings. The van der Waals surface area contributed by atoms with Crippen LogP contribution in [0.1, 0.15) is 6.92 Å². The van der Waals surface area contributed by atoms with E-state index in [1.807, 2.05) is 0 Å². The van der Waals surface area contributed by atoms with Gasteiger partial charge >= 0.3 is 0 Å². The van der Waals surface area contributed by atoms with Gasteiger partial charge < -0.3 is 35.8 Å². The third-order valence-electron chi connectivity index (χ3n) is 3.87. The Morgan fingerprint density at radius 1 is 1.13 bits per heavy atom. The Morgan fingerprint density at radius 2 is 1.74 bits per heavy atom. The van der Waals surface area contributed by atoms with Gasteiger partial charge in [0, 0.05) is 26.6 Å². The molecule has 4 unspecified atom stereocenters. The second-order valence-electron chi connectivity index (χ2n) is 5.49. The SMILES string of the molecule is CC(=O)NCC1C(O)C(O)C(CO)N1CCOCCOCCN. The molecule has 9 heteroatoms. The maximum Gasteiger partial charge on any atom is 0.216 e. The van der Waals surface area contributed by atoms with Crippen LogP contribution in [0.15, 0.2) is 0 Å². The summed E-state index contributed by atoms with van der Waals surface area (Å²) in [6, 6.07) is -1.05. The summed E-state index contributed by atoms with van der Waals surface area (Å²) in [5.41, 5.74) is 5.30. The van der Waals surface area contributed by atoms with Crippen LogP contribution in [0.4, 0.5) is 0 Å². The maximum atomic E-state index is 11.1. The van der Waals surface area contributed by atoms with Gasteiger partial charge in [0.05, 0.1) is 57.3 Å². The first-order valence-electron chi connectivity index (χ1n) is 7.85. The fraction of sp³-hybridized carbons (Fsp3) is 0.929. The number of aliphatic hydroxyl groups excluding tert-OH is 3. The van der Waals surface area contributed by atoms with E-state index in [0.717, 1.165) is 0 Å². The van der Waals surface area contributed by atoms with Crippen LogP contribution in [0.2, 0.25) is 0 Å². The number of hydrogen-bond acceptors (Lipinski definition) is 8. The molecule has 0 spiro atoms. The van der Waals surface area contributed by atoms with Gasteiger partial charge in [0.25, 0.3) is 0 Å². The fourth-order valence-electron chi connectivity index (χ4n) is 2.70. The average molecular weight is 335 g/mol. The minimum absolute atomic E-state index is 0.198. The predicted octanol–water partition coefficient (Wildman–Crippen LogP) is -3.12. The number of carbonyl (C=O) groups excluding carboxylic acids is 1. The Hall–Kier alpha value is -0.810. The molecule has 1 fully saturated rings. The molecule has 4 atom stereocenters. The Bertz CT molecular complexity index is 346. The average Bonchev–Trinajstić information content (AvgIpc) is 2.75. The highest BCUT2D eigenvalue weighted by molar-refractivity contribution is 5.72. The van der Waals surface area contributed by atoms with Crippen LogP contribution < -0.4 is 11.1 Å². The van der Waals surface area contributed by atoms with Crippen LogP contribution in [0.25, 0.3) is 0 Å². The number of nitrogens with one attached hydrogen (secondary N) is 1. The van der Waals surface area contributed by atoms with Crippen molar-refractivity contribution in [3.63, 3.8) is 0 Å². The van der Waals surface area contributed by atoms with Gasteiger partial charge in [-0.15, -0.1) is 0 Å². The van der Waals surface area contributed by atoms with Crippen molar-refractivity contribution in [2.75, 3.05) is 52.7 Å². The number of hydrogen-bond donors (Lipinski definition) is 5. The van der Waals surface area contributed by atoms with E-state index in [9.17, 15) is 20.1 Å². The highest BCUT2D eigenvalue weighted by Crippen LogP contribution is 2.24. The highest BCUT2D eigenvalue weighted by Gasteiger charge is 2.46. The Kier molecular flexibility index (Phi) is 9.56. The highest BCUT2D eigenvalue weighted by atomic mass is 16.5. The molecular formula is C14H29N3O6. The Labute approximate surface area is 136 Å². The van der Waals surface area contributed by atoms with Crippen molar-refractivity contribution < 1.29 is 29.6 Å². The minimum atomic E-state index is -1.06. The summed E-state index contributed by atoms with van der Waals surface area (Å²) in [7, 11) is 0. The maximum absolute atomic E-state index is 11.1. The van der Waals surface area contributed by atoms with E-state index in [2.05, 4.69) is 5.32 Å². The van der Waals surface area contributed by atoms with Gasteiger partial charge in [0.1, 0.15) is 0 Å². The van der Waals surface area contributed by atoms with Crippen LogP contribution in [0.5, 0.6) is 0 Å². The number of nitrogens with two attached hydrogens (primary N) is 1. The standard InChI is InChI=1S/C14H29N3O6/c1-10(19)16-8-11-13(20)14(21)12(9-18)17(11)3-5-23-7-6-22-4-2-15/h11-14,18,20-21H,2-9,15H2,1H3,(H,16,19). The molecule has 0 bridgehead atoms. The zero-order chi connectivity index (χ0) is 17.2. The van der Waals surface area contributed by atoms with E-state index < -0.39 is 24.3 Å². The van der Waals surface area contributed by atoms with E-state index in [0.29, 0.717) is 39.5 Å². The van der Waals surface area contributed by atoms with Crippen LogP contribution in [0, 0.1) is 0 Å². The lowest BCUT2D eigenvalue weighted by Gasteiger charge is -2.29. The smallest absolute Gasteiger partial charge is 0.216 e. The molecule has 1 saturated heterocycles. The van der Waals surface area contributed by atoms with Crippen LogP contribution in [0.3, 0.4) is 0 Å². The number of amides is 1. The van der Waals surface area contributed by atoms with E-state index in [1.54, 1.807) is 4.90 Å². The molecule has 1 aliphatic heterocycles. The zero-order valence-electron chi connectivity index (χ0n) is 13.6. The van der Waals surface area contributed by atoms with Gasteiger partial charge in [-0.05, 0) is 0 Å². The second-order valence-corrected chi connectivity index (χ2v) is 5.49. The number of aliphatic hydroxyl groups is 3. The summed E-state index contributed by atoms with van der Waals surface area (Å²) >= 11 is 0. The molecule has 23 heavy (non-hydrogen) atoms. The first kappa shape index (κ1) is 20.2. The first-order chi connectivity index (χ1) is 11.0. The fourth-order valence-corrected chi connectivity index (χ4v) is 2.70. The van der Waals surface area contributed by atoms with Gasteiger partial charge in [-0.2, -0.15) is 0 Å². The zero-order valence-corrected chi connectivity index (χ0v) is 13.6.